The van der Waals surface area contributed by atoms with Crippen molar-refractivity contribution in [3.05, 3.63) is 80.4 Å². The lowest BCUT2D eigenvalue weighted by Crippen LogP contribution is -2.27. The SMILES string of the molecule is CSc1cccc(N2C(=O)/C(=C/c3cc(C)n(-c4ccc(Cl)c(Cl)c4)c3C)SC2=S)c1. The molecule has 1 amide bonds. The lowest BCUT2D eigenvalue weighted by Gasteiger charge is -2.15. The van der Waals surface area contributed by atoms with E-state index < -0.39 is 0 Å². The number of carbonyl (C=O) groups is 1. The molecule has 0 spiro atoms. The number of thioether (sulfide) groups is 2. The molecular weight excluding hydrogens is 487 g/mol. The molecule has 0 aliphatic carbocycles. The molecule has 0 bridgehead atoms. The number of amides is 1. The molecule has 0 N–H and O–H groups in total. The normalized spacial score (nSPS) is 15.4. The first-order valence-corrected chi connectivity index (χ1v) is 12.6. The van der Waals surface area contributed by atoms with E-state index in [2.05, 4.69) is 10.6 Å². The minimum atomic E-state index is -0.104. The van der Waals surface area contributed by atoms with Crippen molar-refractivity contribution in [3.63, 3.8) is 0 Å². The third-order valence-corrected chi connectivity index (χ3v) is 7.79. The van der Waals surface area contributed by atoms with E-state index in [1.165, 1.54) is 11.8 Å². The van der Waals surface area contributed by atoms with Gasteiger partial charge in [0.1, 0.15) is 0 Å². The molecule has 1 aliphatic heterocycles. The molecule has 0 atom stereocenters. The Morgan fingerprint density at radius 1 is 1.03 bits per heavy atom. The summed E-state index contributed by atoms with van der Waals surface area (Å²) in [5.74, 6) is -0.104. The summed E-state index contributed by atoms with van der Waals surface area (Å²) in [5, 5.41) is 1.02. The minimum Gasteiger partial charge on any atom is -0.318 e. The predicted molar refractivity (Wildman–Crippen MR) is 139 cm³/mol. The standard InChI is InChI=1S/C23H18Cl2N2OS3/c1-13-9-15(14(2)26(13)17-7-8-19(24)20(25)12-17)10-21-22(28)27(23(29)31-21)16-5-4-6-18(11-16)30-3/h4-12H,1-3H3/b21-10-. The number of hydrogen-bond acceptors (Lipinski definition) is 4. The Balaban J connectivity index is 1.70. The van der Waals surface area contributed by atoms with Gasteiger partial charge in [-0.1, -0.05) is 53.2 Å². The van der Waals surface area contributed by atoms with Gasteiger partial charge in [-0.05, 0) is 74.2 Å². The Labute approximate surface area is 205 Å². The maximum absolute atomic E-state index is 13.2. The van der Waals surface area contributed by atoms with Crippen LogP contribution >= 0.6 is 58.9 Å². The summed E-state index contributed by atoms with van der Waals surface area (Å²) in [5.41, 5.74) is 4.71. The zero-order valence-corrected chi connectivity index (χ0v) is 20.9. The van der Waals surface area contributed by atoms with Gasteiger partial charge in [0, 0.05) is 22.0 Å². The molecule has 4 rings (SSSR count). The quantitative estimate of drug-likeness (QED) is 0.208. The molecule has 1 saturated heterocycles. The van der Waals surface area contributed by atoms with E-state index in [-0.39, 0.29) is 5.91 Å². The Kier molecular flexibility index (Phi) is 6.56. The highest BCUT2D eigenvalue weighted by molar-refractivity contribution is 8.27. The van der Waals surface area contributed by atoms with Gasteiger partial charge < -0.3 is 4.57 Å². The van der Waals surface area contributed by atoms with Crippen molar-refractivity contribution in [2.45, 2.75) is 18.7 Å². The van der Waals surface area contributed by atoms with Crippen LogP contribution in [0.4, 0.5) is 5.69 Å². The summed E-state index contributed by atoms with van der Waals surface area (Å²) in [6, 6.07) is 15.4. The van der Waals surface area contributed by atoms with Gasteiger partial charge in [-0.3, -0.25) is 9.69 Å². The molecule has 158 valence electrons. The molecule has 0 radical (unpaired) electrons. The molecular formula is C23H18Cl2N2OS3. The van der Waals surface area contributed by atoms with Crippen molar-refractivity contribution < 1.29 is 4.79 Å². The summed E-state index contributed by atoms with van der Waals surface area (Å²) in [6.45, 7) is 4.04. The number of halogens is 2. The van der Waals surface area contributed by atoms with E-state index in [4.69, 9.17) is 35.4 Å². The van der Waals surface area contributed by atoms with Gasteiger partial charge in [0.25, 0.3) is 5.91 Å². The minimum absolute atomic E-state index is 0.104. The zero-order chi connectivity index (χ0) is 22.3. The number of aryl methyl sites for hydroxylation is 1. The Bertz CT molecular complexity index is 1250. The fourth-order valence-corrected chi connectivity index (χ4v) is 5.57. The summed E-state index contributed by atoms with van der Waals surface area (Å²) >= 11 is 20.8. The smallest absolute Gasteiger partial charge is 0.270 e. The second-order valence-corrected chi connectivity index (χ2v) is 10.3. The number of aromatic nitrogens is 1. The molecule has 2 heterocycles. The monoisotopic (exact) mass is 504 g/mol. The van der Waals surface area contributed by atoms with E-state index in [0.29, 0.717) is 19.3 Å². The van der Waals surface area contributed by atoms with E-state index in [0.717, 1.165) is 33.2 Å². The first kappa shape index (κ1) is 22.5. The first-order chi connectivity index (χ1) is 14.8. The summed E-state index contributed by atoms with van der Waals surface area (Å²) < 4.78 is 2.63. The number of carbonyl (C=O) groups excluding carboxylic acids is 1. The Morgan fingerprint density at radius 3 is 2.52 bits per heavy atom. The average molecular weight is 506 g/mol. The predicted octanol–water partition coefficient (Wildman–Crippen LogP) is 7.53. The van der Waals surface area contributed by atoms with Gasteiger partial charge in [0.05, 0.1) is 20.6 Å². The second kappa shape index (κ2) is 9.04. The highest BCUT2D eigenvalue weighted by Gasteiger charge is 2.33. The molecule has 0 unspecified atom stereocenters. The molecule has 3 nitrogen and oxygen atoms in total. The summed E-state index contributed by atoms with van der Waals surface area (Å²) in [4.78, 5) is 16.5. The molecule has 1 aromatic heterocycles. The van der Waals surface area contributed by atoms with Crippen LogP contribution < -0.4 is 4.90 Å². The first-order valence-electron chi connectivity index (χ1n) is 9.36. The lowest BCUT2D eigenvalue weighted by atomic mass is 10.2. The van der Waals surface area contributed by atoms with Crippen molar-refractivity contribution in [1.29, 1.82) is 0 Å². The third kappa shape index (κ3) is 4.32. The van der Waals surface area contributed by atoms with Crippen LogP contribution in [0.2, 0.25) is 10.0 Å². The number of thiocarbonyl (C=S) groups is 1. The van der Waals surface area contributed by atoms with Crippen LogP contribution in [-0.4, -0.2) is 21.1 Å². The van der Waals surface area contributed by atoms with Gasteiger partial charge >= 0.3 is 0 Å². The van der Waals surface area contributed by atoms with Crippen molar-refractivity contribution in [1.82, 2.24) is 4.57 Å². The highest BCUT2D eigenvalue weighted by atomic mass is 35.5. The summed E-state index contributed by atoms with van der Waals surface area (Å²) in [7, 11) is 0. The zero-order valence-electron chi connectivity index (χ0n) is 17.0. The molecule has 3 aromatic rings. The Morgan fingerprint density at radius 2 is 1.81 bits per heavy atom. The van der Waals surface area contributed by atoms with E-state index in [9.17, 15) is 4.79 Å². The number of anilines is 1. The molecule has 1 fully saturated rings. The number of hydrogen-bond donors (Lipinski definition) is 0. The largest absolute Gasteiger partial charge is 0.318 e. The topological polar surface area (TPSA) is 25.2 Å². The second-order valence-electron chi connectivity index (χ2n) is 6.98. The van der Waals surface area contributed by atoms with Crippen LogP contribution in [0.1, 0.15) is 17.0 Å². The lowest BCUT2D eigenvalue weighted by molar-refractivity contribution is -0.113. The van der Waals surface area contributed by atoms with Crippen molar-refractivity contribution in [3.8, 4) is 5.69 Å². The van der Waals surface area contributed by atoms with Crippen LogP contribution in [-0.2, 0) is 4.79 Å². The highest BCUT2D eigenvalue weighted by Crippen LogP contribution is 2.38. The van der Waals surface area contributed by atoms with Crippen LogP contribution in [0.3, 0.4) is 0 Å². The fourth-order valence-electron chi connectivity index (χ4n) is 3.54. The maximum atomic E-state index is 13.2. The van der Waals surface area contributed by atoms with Crippen LogP contribution in [0.25, 0.3) is 11.8 Å². The number of benzene rings is 2. The van der Waals surface area contributed by atoms with Crippen LogP contribution in [0.5, 0.6) is 0 Å². The number of nitrogens with zero attached hydrogens (tertiary/aromatic N) is 2. The van der Waals surface area contributed by atoms with Crippen molar-refractivity contribution >= 4 is 80.9 Å². The van der Waals surface area contributed by atoms with E-state index >= 15 is 0 Å². The van der Waals surface area contributed by atoms with Crippen LogP contribution in [0, 0.1) is 13.8 Å². The van der Waals surface area contributed by atoms with Crippen LogP contribution in [0.15, 0.2) is 58.3 Å². The summed E-state index contributed by atoms with van der Waals surface area (Å²) in [6.07, 6.45) is 3.92. The Hall–Kier alpha value is -1.70. The van der Waals surface area contributed by atoms with Crippen molar-refractivity contribution in [2.24, 2.45) is 0 Å². The molecule has 31 heavy (non-hydrogen) atoms. The molecule has 0 saturated carbocycles. The molecule has 2 aromatic carbocycles. The fraction of sp³-hybridized carbons (Fsp3) is 0.130. The molecule has 1 aliphatic rings. The molecule has 8 heteroatoms. The van der Waals surface area contributed by atoms with Gasteiger partial charge in [0.15, 0.2) is 4.32 Å². The average Bonchev–Trinajstić information content (AvgIpc) is 3.18. The third-order valence-electron chi connectivity index (χ3n) is 5.02. The number of rotatable bonds is 4. The van der Waals surface area contributed by atoms with Gasteiger partial charge in [-0.2, -0.15) is 0 Å². The van der Waals surface area contributed by atoms with Gasteiger partial charge in [-0.15, -0.1) is 11.8 Å². The van der Waals surface area contributed by atoms with Crippen molar-refractivity contribution in [2.75, 3.05) is 11.2 Å². The van der Waals surface area contributed by atoms with Gasteiger partial charge in [-0.25, -0.2) is 0 Å². The van der Waals surface area contributed by atoms with E-state index in [1.54, 1.807) is 22.7 Å². The van der Waals surface area contributed by atoms with Gasteiger partial charge in [0.2, 0.25) is 0 Å². The van der Waals surface area contributed by atoms with E-state index in [1.807, 2.05) is 62.6 Å². The maximum Gasteiger partial charge on any atom is 0.270 e.